The third-order valence-electron chi connectivity index (χ3n) is 3.99. The normalized spacial score (nSPS) is 13.0. The number of carbonyl (C=O) groups excluding carboxylic acids is 2. The van der Waals surface area contributed by atoms with Crippen LogP contribution in [0.3, 0.4) is 0 Å². The zero-order valence-corrected chi connectivity index (χ0v) is 15.3. The lowest BCUT2D eigenvalue weighted by Crippen LogP contribution is -2.48. The maximum Gasteiger partial charge on any atom is 0.264 e. The van der Waals surface area contributed by atoms with Gasteiger partial charge in [-0.05, 0) is 48.9 Å². The molecule has 2 aromatic carbocycles. The minimum absolute atomic E-state index is 0.106. The van der Waals surface area contributed by atoms with Gasteiger partial charge in [-0.15, -0.1) is 0 Å². The largest absolute Gasteiger partial charge is 0.373 e. The molecule has 0 aromatic heterocycles. The minimum atomic E-state index is -2.17. The predicted octanol–water partition coefficient (Wildman–Crippen LogP) is 4.21. The number of hydrogen-bond acceptors (Lipinski definition) is 4. The third kappa shape index (κ3) is 5.39. The van der Waals surface area contributed by atoms with E-state index in [2.05, 4.69) is 17.2 Å². The van der Waals surface area contributed by atoms with E-state index < -0.39 is 17.3 Å². The van der Waals surface area contributed by atoms with Gasteiger partial charge in [-0.3, -0.25) is 9.59 Å². The molecule has 0 aliphatic carbocycles. The quantitative estimate of drug-likeness (QED) is 0.354. The number of aliphatic hydroxyl groups is 1. The van der Waals surface area contributed by atoms with Crippen LogP contribution in [0.25, 0.3) is 0 Å². The molecule has 0 saturated carbocycles. The maximum atomic E-state index is 12.5. The second kappa shape index (κ2) is 9.50. The molecular formula is C22H24N2O3. The van der Waals surface area contributed by atoms with Gasteiger partial charge < -0.3 is 15.7 Å². The predicted molar refractivity (Wildman–Crippen MR) is 109 cm³/mol. The van der Waals surface area contributed by atoms with Gasteiger partial charge in [0.25, 0.3) is 5.91 Å². The minimum Gasteiger partial charge on any atom is -0.373 e. The van der Waals surface area contributed by atoms with Crippen LogP contribution in [0.2, 0.25) is 0 Å². The molecule has 0 saturated heterocycles. The van der Waals surface area contributed by atoms with E-state index in [4.69, 9.17) is 0 Å². The summed E-state index contributed by atoms with van der Waals surface area (Å²) in [5.74, 6) is -1.51. The van der Waals surface area contributed by atoms with Crippen LogP contribution in [-0.4, -0.2) is 22.4 Å². The molecule has 0 aliphatic heterocycles. The molecule has 1 amide bonds. The van der Waals surface area contributed by atoms with Crippen molar-refractivity contribution in [2.24, 2.45) is 0 Å². The Kier molecular flexibility index (Phi) is 7.08. The van der Waals surface area contributed by atoms with Crippen LogP contribution in [0.4, 0.5) is 17.1 Å². The molecule has 1 unspecified atom stereocenters. The highest BCUT2D eigenvalue weighted by atomic mass is 16.3. The molecule has 140 valence electrons. The summed E-state index contributed by atoms with van der Waals surface area (Å²) in [5.41, 5.74) is 0.104. The third-order valence-corrected chi connectivity index (χ3v) is 3.99. The van der Waals surface area contributed by atoms with Crippen molar-refractivity contribution in [2.45, 2.75) is 25.4 Å². The summed E-state index contributed by atoms with van der Waals surface area (Å²) in [6.07, 6.45) is 5.01. The van der Waals surface area contributed by atoms with Crippen molar-refractivity contribution in [2.75, 3.05) is 10.6 Å². The molecule has 0 aliphatic rings. The Balaban J connectivity index is 2.09. The second-order valence-electron chi connectivity index (χ2n) is 6.03. The van der Waals surface area contributed by atoms with Crippen LogP contribution in [0.5, 0.6) is 0 Å². The van der Waals surface area contributed by atoms with Crippen molar-refractivity contribution in [3.63, 3.8) is 0 Å². The molecule has 0 radical (unpaired) electrons. The number of para-hydroxylation sites is 1. The highest BCUT2D eigenvalue weighted by molar-refractivity contribution is 6.17. The number of rotatable bonds is 9. The Morgan fingerprint density at radius 3 is 2.19 bits per heavy atom. The van der Waals surface area contributed by atoms with Gasteiger partial charge >= 0.3 is 0 Å². The summed E-state index contributed by atoms with van der Waals surface area (Å²) in [6, 6.07) is 16.7. The van der Waals surface area contributed by atoms with Crippen molar-refractivity contribution in [3.05, 3.63) is 79.4 Å². The van der Waals surface area contributed by atoms with Gasteiger partial charge in [0.05, 0.1) is 0 Å². The van der Waals surface area contributed by atoms with E-state index in [1.165, 1.54) is 0 Å². The van der Waals surface area contributed by atoms with E-state index in [9.17, 15) is 14.7 Å². The van der Waals surface area contributed by atoms with E-state index in [1.807, 2.05) is 37.3 Å². The van der Waals surface area contributed by atoms with Crippen LogP contribution in [0.1, 0.15) is 19.8 Å². The zero-order chi connectivity index (χ0) is 19.7. The number of nitrogens with one attached hydrogen (secondary N) is 2. The van der Waals surface area contributed by atoms with E-state index >= 15 is 0 Å². The number of carbonyl (C=O) groups is 2. The smallest absolute Gasteiger partial charge is 0.264 e. The Hall–Kier alpha value is -3.18. The molecule has 3 N–H and O–H groups in total. The zero-order valence-electron chi connectivity index (χ0n) is 15.3. The Morgan fingerprint density at radius 1 is 1.00 bits per heavy atom. The molecule has 0 bridgehead atoms. The van der Waals surface area contributed by atoms with Crippen molar-refractivity contribution in [1.29, 1.82) is 0 Å². The van der Waals surface area contributed by atoms with Crippen LogP contribution < -0.4 is 10.6 Å². The van der Waals surface area contributed by atoms with E-state index in [-0.39, 0.29) is 6.42 Å². The maximum absolute atomic E-state index is 12.5. The molecule has 0 spiro atoms. The van der Waals surface area contributed by atoms with Gasteiger partial charge in [0, 0.05) is 23.5 Å². The highest BCUT2D eigenvalue weighted by Crippen LogP contribution is 2.21. The van der Waals surface area contributed by atoms with E-state index in [0.29, 0.717) is 5.69 Å². The van der Waals surface area contributed by atoms with Gasteiger partial charge in [0.2, 0.25) is 5.60 Å². The van der Waals surface area contributed by atoms with Gasteiger partial charge in [-0.1, -0.05) is 43.9 Å². The van der Waals surface area contributed by atoms with Crippen molar-refractivity contribution < 1.29 is 14.7 Å². The average molecular weight is 364 g/mol. The molecule has 27 heavy (non-hydrogen) atoms. The SMILES string of the molecule is C=CC(=O)C(O)(CC=CCC)C(=O)Nc1ccc(Nc2ccccc2)cc1. The summed E-state index contributed by atoms with van der Waals surface area (Å²) in [7, 11) is 0. The molecule has 0 fully saturated rings. The molecule has 5 nitrogen and oxygen atoms in total. The standard InChI is InChI=1S/C22H24N2O3/c1-3-5-9-16-22(27,20(25)4-2)21(26)24-19-14-12-18(13-15-19)23-17-10-7-6-8-11-17/h4-15,23,27H,2-3,16H2,1H3,(H,24,26). The molecule has 1 atom stereocenters. The van der Waals surface area contributed by atoms with Crippen LogP contribution in [-0.2, 0) is 9.59 Å². The fourth-order valence-corrected chi connectivity index (χ4v) is 2.45. The van der Waals surface area contributed by atoms with Gasteiger partial charge in [-0.2, -0.15) is 0 Å². The molecule has 0 heterocycles. The van der Waals surface area contributed by atoms with Crippen LogP contribution >= 0.6 is 0 Å². The van der Waals surface area contributed by atoms with Gasteiger partial charge in [-0.25, -0.2) is 0 Å². The Labute approximate surface area is 159 Å². The van der Waals surface area contributed by atoms with Gasteiger partial charge in [0.15, 0.2) is 5.78 Å². The Bertz CT molecular complexity index is 813. The highest BCUT2D eigenvalue weighted by Gasteiger charge is 2.41. The molecule has 2 rings (SSSR count). The lowest BCUT2D eigenvalue weighted by Gasteiger charge is -2.23. The summed E-state index contributed by atoms with van der Waals surface area (Å²) in [6.45, 7) is 5.30. The number of amides is 1. The first-order valence-corrected chi connectivity index (χ1v) is 8.77. The first kappa shape index (κ1) is 20.1. The number of anilines is 3. The van der Waals surface area contributed by atoms with Gasteiger partial charge in [0.1, 0.15) is 0 Å². The first-order chi connectivity index (χ1) is 13.0. The number of allylic oxidation sites excluding steroid dienone is 1. The fraction of sp³-hybridized carbons (Fsp3) is 0.182. The fourth-order valence-electron chi connectivity index (χ4n) is 2.45. The molecule has 2 aromatic rings. The molecule has 5 heteroatoms. The summed E-state index contributed by atoms with van der Waals surface area (Å²) < 4.78 is 0. The lowest BCUT2D eigenvalue weighted by atomic mass is 9.92. The van der Waals surface area contributed by atoms with E-state index in [1.54, 1.807) is 36.4 Å². The average Bonchev–Trinajstić information content (AvgIpc) is 2.69. The number of hydrogen-bond donors (Lipinski definition) is 3. The van der Waals surface area contributed by atoms with Crippen LogP contribution in [0.15, 0.2) is 79.4 Å². The summed E-state index contributed by atoms with van der Waals surface area (Å²) in [5, 5.41) is 16.4. The second-order valence-corrected chi connectivity index (χ2v) is 6.03. The number of benzene rings is 2. The Morgan fingerprint density at radius 2 is 1.59 bits per heavy atom. The van der Waals surface area contributed by atoms with Crippen molar-refractivity contribution in [3.8, 4) is 0 Å². The van der Waals surface area contributed by atoms with Crippen molar-refractivity contribution in [1.82, 2.24) is 0 Å². The lowest BCUT2D eigenvalue weighted by molar-refractivity contribution is -0.145. The van der Waals surface area contributed by atoms with E-state index in [0.717, 1.165) is 23.9 Å². The van der Waals surface area contributed by atoms with Crippen molar-refractivity contribution >= 4 is 28.8 Å². The molecular weight excluding hydrogens is 340 g/mol. The first-order valence-electron chi connectivity index (χ1n) is 8.77. The summed E-state index contributed by atoms with van der Waals surface area (Å²) >= 11 is 0. The summed E-state index contributed by atoms with van der Waals surface area (Å²) in [4.78, 5) is 24.6. The topological polar surface area (TPSA) is 78.4 Å². The van der Waals surface area contributed by atoms with Crippen LogP contribution in [0, 0.1) is 0 Å². The number of ketones is 1. The monoisotopic (exact) mass is 364 g/mol.